The van der Waals surface area contributed by atoms with Crippen molar-refractivity contribution in [1.29, 1.82) is 0 Å². The van der Waals surface area contributed by atoms with Gasteiger partial charge in [0.25, 0.3) is 5.91 Å². The number of amides is 2. The summed E-state index contributed by atoms with van der Waals surface area (Å²) in [6.07, 6.45) is 3.46. The number of nitrogens with zero attached hydrogens (tertiary/aromatic N) is 2. The van der Waals surface area contributed by atoms with Gasteiger partial charge in [-0.1, -0.05) is 0 Å². The standard InChI is InChI=1S/C16H20N4O3S/c1-10-13(24-16(17)18-10)8-14(21)19-11-4-2-6-20(9-11)15(22)12-5-3-7-23-12/h3,5,7,11H,2,4,6,8-9H2,1H3,(H2,17,18)(H,19,21). The fourth-order valence-corrected chi connectivity index (χ4v) is 3.71. The average molecular weight is 348 g/mol. The Morgan fingerprint density at radius 3 is 3.04 bits per heavy atom. The van der Waals surface area contributed by atoms with Gasteiger partial charge >= 0.3 is 0 Å². The first kappa shape index (κ1) is 16.5. The number of likely N-dealkylation sites (tertiary alicyclic amines) is 1. The fourth-order valence-electron chi connectivity index (χ4n) is 2.87. The minimum Gasteiger partial charge on any atom is -0.459 e. The van der Waals surface area contributed by atoms with Gasteiger partial charge in [-0.2, -0.15) is 0 Å². The van der Waals surface area contributed by atoms with Crippen LogP contribution >= 0.6 is 11.3 Å². The number of carbonyl (C=O) groups is 2. The third-order valence-corrected chi connectivity index (χ3v) is 5.02. The Morgan fingerprint density at radius 2 is 2.38 bits per heavy atom. The monoisotopic (exact) mass is 348 g/mol. The van der Waals surface area contributed by atoms with Gasteiger partial charge in [0, 0.05) is 24.0 Å². The first-order valence-corrected chi connectivity index (χ1v) is 8.68. The van der Waals surface area contributed by atoms with Gasteiger partial charge in [-0.25, -0.2) is 4.98 Å². The summed E-state index contributed by atoms with van der Waals surface area (Å²) >= 11 is 1.34. The van der Waals surface area contributed by atoms with E-state index < -0.39 is 0 Å². The number of nitrogens with two attached hydrogens (primary N) is 1. The van der Waals surface area contributed by atoms with Crippen molar-refractivity contribution >= 4 is 28.3 Å². The van der Waals surface area contributed by atoms with Crippen molar-refractivity contribution in [2.24, 2.45) is 0 Å². The molecular formula is C16H20N4O3S. The van der Waals surface area contributed by atoms with E-state index in [1.807, 2.05) is 6.92 Å². The number of anilines is 1. The smallest absolute Gasteiger partial charge is 0.289 e. The maximum atomic E-state index is 12.3. The van der Waals surface area contributed by atoms with Crippen LogP contribution in [0.5, 0.6) is 0 Å². The van der Waals surface area contributed by atoms with Gasteiger partial charge < -0.3 is 20.4 Å². The zero-order valence-electron chi connectivity index (χ0n) is 13.4. The summed E-state index contributed by atoms with van der Waals surface area (Å²) in [5.41, 5.74) is 6.46. The van der Waals surface area contributed by atoms with Crippen molar-refractivity contribution < 1.29 is 14.0 Å². The first-order chi connectivity index (χ1) is 11.5. The molecule has 8 heteroatoms. The summed E-state index contributed by atoms with van der Waals surface area (Å²) in [6, 6.07) is 3.30. The number of carbonyl (C=O) groups excluding carboxylic acids is 2. The molecule has 2 amide bonds. The lowest BCUT2D eigenvalue weighted by Crippen LogP contribution is -2.49. The Hall–Kier alpha value is -2.35. The molecule has 3 heterocycles. The molecule has 0 radical (unpaired) electrons. The quantitative estimate of drug-likeness (QED) is 0.874. The summed E-state index contributed by atoms with van der Waals surface area (Å²) in [5, 5.41) is 3.48. The van der Waals surface area contributed by atoms with Crippen molar-refractivity contribution in [3.63, 3.8) is 0 Å². The number of hydrogen-bond donors (Lipinski definition) is 2. The number of aryl methyl sites for hydroxylation is 1. The lowest BCUT2D eigenvalue weighted by atomic mass is 10.0. The summed E-state index contributed by atoms with van der Waals surface area (Å²) in [7, 11) is 0. The van der Waals surface area contributed by atoms with Crippen molar-refractivity contribution in [2.45, 2.75) is 32.2 Å². The molecule has 7 nitrogen and oxygen atoms in total. The van der Waals surface area contributed by atoms with Crippen molar-refractivity contribution in [3.8, 4) is 0 Å². The van der Waals surface area contributed by atoms with E-state index in [1.54, 1.807) is 17.0 Å². The van der Waals surface area contributed by atoms with Crippen LogP contribution in [0.2, 0.25) is 0 Å². The van der Waals surface area contributed by atoms with Crippen LogP contribution in [-0.4, -0.2) is 40.8 Å². The predicted molar refractivity (Wildman–Crippen MR) is 90.7 cm³/mol. The van der Waals surface area contributed by atoms with E-state index in [-0.39, 0.29) is 24.3 Å². The lowest BCUT2D eigenvalue weighted by molar-refractivity contribution is -0.121. The van der Waals surface area contributed by atoms with E-state index >= 15 is 0 Å². The summed E-state index contributed by atoms with van der Waals surface area (Å²) < 4.78 is 5.16. The van der Waals surface area contributed by atoms with E-state index in [0.29, 0.717) is 24.0 Å². The molecular weight excluding hydrogens is 328 g/mol. The van der Waals surface area contributed by atoms with E-state index in [9.17, 15) is 9.59 Å². The Balaban J connectivity index is 1.56. The van der Waals surface area contributed by atoms with E-state index in [2.05, 4.69) is 10.3 Å². The van der Waals surface area contributed by atoms with Crippen molar-refractivity contribution in [3.05, 3.63) is 34.7 Å². The second-order valence-corrected chi connectivity index (χ2v) is 6.99. The SMILES string of the molecule is Cc1nc(N)sc1CC(=O)NC1CCCN(C(=O)c2ccco2)C1. The van der Waals surface area contributed by atoms with Gasteiger partial charge in [0.2, 0.25) is 5.91 Å². The summed E-state index contributed by atoms with van der Waals surface area (Å²) in [6.45, 7) is 3.02. The van der Waals surface area contributed by atoms with Crippen LogP contribution in [0.3, 0.4) is 0 Å². The van der Waals surface area contributed by atoms with Crippen LogP contribution in [0.4, 0.5) is 5.13 Å². The summed E-state index contributed by atoms with van der Waals surface area (Å²) in [4.78, 5) is 31.3. The van der Waals surface area contributed by atoms with Gasteiger partial charge in [-0.15, -0.1) is 11.3 Å². The molecule has 0 spiro atoms. The normalized spacial score (nSPS) is 17.7. The number of furan rings is 1. The van der Waals surface area contributed by atoms with Crippen molar-refractivity contribution in [1.82, 2.24) is 15.2 Å². The third kappa shape index (κ3) is 3.76. The topological polar surface area (TPSA) is 101 Å². The number of thiazole rings is 1. The molecule has 24 heavy (non-hydrogen) atoms. The number of nitrogen functional groups attached to an aromatic ring is 1. The Morgan fingerprint density at radius 1 is 1.54 bits per heavy atom. The molecule has 1 aliphatic rings. The minimum absolute atomic E-state index is 0.0456. The highest BCUT2D eigenvalue weighted by atomic mass is 32.1. The van der Waals surface area contributed by atoms with E-state index in [1.165, 1.54) is 17.6 Å². The molecule has 0 aromatic carbocycles. The largest absolute Gasteiger partial charge is 0.459 e. The number of rotatable bonds is 4. The molecule has 1 saturated heterocycles. The van der Waals surface area contributed by atoms with Gasteiger partial charge in [-0.3, -0.25) is 9.59 Å². The molecule has 0 aliphatic carbocycles. The molecule has 2 aromatic heterocycles. The van der Waals surface area contributed by atoms with Crippen LogP contribution in [0.15, 0.2) is 22.8 Å². The van der Waals surface area contributed by atoms with Gasteiger partial charge in [-0.05, 0) is 31.9 Å². The Bertz CT molecular complexity index is 726. The third-order valence-electron chi connectivity index (χ3n) is 4.04. The van der Waals surface area contributed by atoms with Crippen LogP contribution in [-0.2, 0) is 11.2 Å². The van der Waals surface area contributed by atoms with Gasteiger partial charge in [0.1, 0.15) is 0 Å². The van der Waals surface area contributed by atoms with Crippen LogP contribution in [0.25, 0.3) is 0 Å². The molecule has 0 bridgehead atoms. The molecule has 128 valence electrons. The zero-order chi connectivity index (χ0) is 17.1. The molecule has 1 aliphatic heterocycles. The molecule has 2 aromatic rings. The number of nitrogens with one attached hydrogen (secondary N) is 1. The first-order valence-electron chi connectivity index (χ1n) is 7.87. The lowest BCUT2D eigenvalue weighted by Gasteiger charge is -2.32. The number of piperidine rings is 1. The van der Waals surface area contributed by atoms with E-state index in [4.69, 9.17) is 10.2 Å². The van der Waals surface area contributed by atoms with Gasteiger partial charge in [0.05, 0.1) is 18.4 Å². The maximum Gasteiger partial charge on any atom is 0.289 e. The van der Waals surface area contributed by atoms with Gasteiger partial charge in [0.15, 0.2) is 10.9 Å². The summed E-state index contributed by atoms with van der Waals surface area (Å²) in [5.74, 6) is 0.127. The highest BCUT2D eigenvalue weighted by molar-refractivity contribution is 7.15. The second kappa shape index (κ2) is 7.04. The zero-order valence-corrected chi connectivity index (χ0v) is 14.3. The highest BCUT2D eigenvalue weighted by Gasteiger charge is 2.27. The minimum atomic E-state index is -0.134. The molecule has 3 rings (SSSR count). The van der Waals surface area contributed by atoms with Crippen LogP contribution in [0, 0.1) is 6.92 Å². The highest BCUT2D eigenvalue weighted by Crippen LogP contribution is 2.20. The molecule has 1 atom stereocenters. The second-order valence-electron chi connectivity index (χ2n) is 5.87. The molecule has 1 fully saturated rings. The van der Waals surface area contributed by atoms with Crippen LogP contribution < -0.4 is 11.1 Å². The molecule has 3 N–H and O–H groups in total. The molecule has 1 unspecified atom stereocenters. The maximum absolute atomic E-state index is 12.3. The predicted octanol–water partition coefficient (Wildman–Crippen LogP) is 1.59. The van der Waals surface area contributed by atoms with Crippen molar-refractivity contribution in [2.75, 3.05) is 18.8 Å². The molecule has 0 saturated carbocycles. The number of aromatic nitrogens is 1. The Kier molecular flexibility index (Phi) is 4.84. The fraction of sp³-hybridized carbons (Fsp3) is 0.438. The number of hydrogen-bond acceptors (Lipinski definition) is 6. The van der Waals surface area contributed by atoms with Crippen LogP contribution in [0.1, 0.15) is 34.0 Å². The van der Waals surface area contributed by atoms with E-state index in [0.717, 1.165) is 23.4 Å². The Labute approximate surface area is 143 Å². The average Bonchev–Trinajstić information content (AvgIpc) is 3.17.